The van der Waals surface area contributed by atoms with Gasteiger partial charge in [0.25, 0.3) is 0 Å². The molecule has 3 heteroatoms. The van der Waals surface area contributed by atoms with E-state index in [1.165, 1.54) is 64.2 Å². The predicted octanol–water partition coefficient (Wildman–Crippen LogP) is 6.60. The number of unbranched alkanes of at least 4 members (excludes halogenated alkanes) is 10. The average molecular weight is 399 g/mol. The van der Waals surface area contributed by atoms with Gasteiger partial charge in [-0.05, 0) is 24.8 Å². The van der Waals surface area contributed by atoms with E-state index in [-0.39, 0.29) is 0 Å². The predicted molar refractivity (Wildman–Crippen MR) is 106 cm³/mol. The number of halogens is 1. The lowest BCUT2D eigenvalue weighted by Crippen LogP contribution is -2.11. The van der Waals surface area contributed by atoms with Gasteiger partial charge in [-0.15, -0.1) is 0 Å². The highest BCUT2D eigenvalue weighted by atomic mass is 79.9. The third-order valence-electron chi connectivity index (χ3n) is 4.37. The topological polar surface area (TPSA) is 29.5 Å². The molecular formula is C21H35BrO2. The molecule has 0 aliphatic heterocycles. The summed E-state index contributed by atoms with van der Waals surface area (Å²) < 4.78 is 5.48. The summed E-state index contributed by atoms with van der Waals surface area (Å²) >= 11 is 3.48. The maximum Gasteiger partial charge on any atom is 0.154 e. The maximum absolute atomic E-state index is 9.85. The standard InChI is InChI=1S/C21H35BrO2/c22-18-14-9-7-5-3-1-2-4-6-8-13-17-21(23)24-19-20-15-11-10-12-16-20/h10-12,15-16,21,23H,1-9,13-14,17-19H2. The fourth-order valence-electron chi connectivity index (χ4n) is 2.85. The van der Waals surface area contributed by atoms with E-state index >= 15 is 0 Å². The monoisotopic (exact) mass is 398 g/mol. The van der Waals surface area contributed by atoms with E-state index in [1.54, 1.807) is 0 Å². The minimum absolute atomic E-state index is 0.498. The summed E-state index contributed by atoms with van der Waals surface area (Å²) in [6, 6.07) is 10.0. The van der Waals surface area contributed by atoms with Crippen molar-refractivity contribution in [2.45, 2.75) is 89.9 Å². The Balaban J connectivity index is 1.81. The highest BCUT2D eigenvalue weighted by molar-refractivity contribution is 9.09. The Morgan fingerprint density at radius 1 is 0.750 bits per heavy atom. The summed E-state index contributed by atoms with van der Waals surface area (Å²) in [4.78, 5) is 0. The number of aliphatic hydroxyl groups is 1. The SMILES string of the molecule is OC(CCCCCCCCCCCCCBr)OCc1ccccc1. The van der Waals surface area contributed by atoms with Crippen LogP contribution < -0.4 is 0 Å². The minimum atomic E-state index is -0.621. The van der Waals surface area contributed by atoms with Crippen molar-refractivity contribution in [1.82, 2.24) is 0 Å². The molecule has 0 heterocycles. The second kappa shape index (κ2) is 16.1. The van der Waals surface area contributed by atoms with Gasteiger partial charge >= 0.3 is 0 Å². The van der Waals surface area contributed by atoms with Gasteiger partial charge in [-0.1, -0.05) is 104 Å². The smallest absolute Gasteiger partial charge is 0.154 e. The van der Waals surface area contributed by atoms with Crippen LogP contribution in [0, 0.1) is 0 Å². The van der Waals surface area contributed by atoms with Crippen LogP contribution in [-0.4, -0.2) is 16.7 Å². The van der Waals surface area contributed by atoms with Crippen LogP contribution in [0.5, 0.6) is 0 Å². The van der Waals surface area contributed by atoms with E-state index in [0.717, 1.165) is 23.7 Å². The Bertz CT molecular complexity index is 369. The molecule has 1 aromatic rings. The summed E-state index contributed by atoms with van der Waals surface area (Å²) in [6.07, 6.45) is 14.7. The second-order valence-corrected chi connectivity index (χ2v) is 7.41. The normalized spacial score (nSPS) is 12.4. The molecule has 0 fully saturated rings. The molecule has 24 heavy (non-hydrogen) atoms. The van der Waals surface area contributed by atoms with E-state index in [4.69, 9.17) is 4.74 Å². The van der Waals surface area contributed by atoms with Crippen molar-refractivity contribution < 1.29 is 9.84 Å². The van der Waals surface area contributed by atoms with Crippen molar-refractivity contribution in [2.75, 3.05) is 5.33 Å². The molecule has 0 aromatic heterocycles. The zero-order valence-electron chi connectivity index (χ0n) is 15.1. The molecule has 0 aliphatic carbocycles. The molecule has 138 valence electrons. The lowest BCUT2D eigenvalue weighted by Gasteiger charge is -2.12. The van der Waals surface area contributed by atoms with Crippen molar-refractivity contribution in [1.29, 1.82) is 0 Å². The van der Waals surface area contributed by atoms with E-state index in [2.05, 4.69) is 15.9 Å². The summed E-state index contributed by atoms with van der Waals surface area (Å²) in [7, 11) is 0. The van der Waals surface area contributed by atoms with Crippen LogP contribution in [0.2, 0.25) is 0 Å². The third-order valence-corrected chi connectivity index (χ3v) is 4.93. The number of rotatable bonds is 16. The number of ether oxygens (including phenoxy) is 1. The van der Waals surface area contributed by atoms with Crippen LogP contribution in [0.25, 0.3) is 0 Å². The van der Waals surface area contributed by atoms with Crippen molar-refractivity contribution in [3.8, 4) is 0 Å². The highest BCUT2D eigenvalue weighted by Crippen LogP contribution is 2.13. The van der Waals surface area contributed by atoms with Crippen molar-refractivity contribution in [2.24, 2.45) is 0 Å². The largest absolute Gasteiger partial charge is 0.368 e. The zero-order chi connectivity index (χ0) is 17.3. The van der Waals surface area contributed by atoms with Crippen molar-refractivity contribution in [3.63, 3.8) is 0 Å². The maximum atomic E-state index is 9.85. The lowest BCUT2D eigenvalue weighted by atomic mass is 10.1. The Morgan fingerprint density at radius 3 is 1.79 bits per heavy atom. The Hall–Kier alpha value is -0.380. The number of hydrogen-bond acceptors (Lipinski definition) is 2. The Morgan fingerprint density at radius 2 is 1.25 bits per heavy atom. The van der Waals surface area contributed by atoms with E-state index < -0.39 is 6.29 Å². The Labute approximate surface area is 157 Å². The zero-order valence-corrected chi connectivity index (χ0v) is 16.7. The van der Waals surface area contributed by atoms with Gasteiger partial charge in [-0.3, -0.25) is 0 Å². The van der Waals surface area contributed by atoms with Gasteiger partial charge in [0.2, 0.25) is 0 Å². The van der Waals surface area contributed by atoms with Gasteiger partial charge in [0.05, 0.1) is 6.61 Å². The first kappa shape index (κ1) is 21.7. The van der Waals surface area contributed by atoms with Gasteiger partial charge in [0.1, 0.15) is 0 Å². The van der Waals surface area contributed by atoms with E-state index in [9.17, 15) is 5.11 Å². The fraction of sp³-hybridized carbons (Fsp3) is 0.714. The molecule has 1 rings (SSSR count). The van der Waals surface area contributed by atoms with Gasteiger partial charge in [0.15, 0.2) is 6.29 Å². The van der Waals surface area contributed by atoms with Gasteiger partial charge in [-0.25, -0.2) is 0 Å². The lowest BCUT2D eigenvalue weighted by molar-refractivity contribution is -0.112. The summed E-state index contributed by atoms with van der Waals surface area (Å²) in [5, 5.41) is 11.0. The molecule has 1 N–H and O–H groups in total. The van der Waals surface area contributed by atoms with Gasteiger partial charge in [0, 0.05) is 5.33 Å². The molecule has 0 spiro atoms. The van der Waals surface area contributed by atoms with Crippen LogP contribution in [-0.2, 0) is 11.3 Å². The summed E-state index contributed by atoms with van der Waals surface area (Å²) in [5.41, 5.74) is 1.11. The number of hydrogen-bond donors (Lipinski definition) is 1. The van der Waals surface area contributed by atoms with Gasteiger partial charge in [-0.2, -0.15) is 0 Å². The number of alkyl halides is 1. The van der Waals surface area contributed by atoms with Crippen LogP contribution >= 0.6 is 15.9 Å². The Kier molecular flexibility index (Phi) is 14.5. The molecule has 0 amide bonds. The molecule has 1 aromatic carbocycles. The van der Waals surface area contributed by atoms with Crippen molar-refractivity contribution in [3.05, 3.63) is 35.9 Å². The number of aliphatic hydroxyl groups excluding tert-OH is 1. The highest BCUT2D eigenvalue weighted by Gasteiger charge is 2.04. The third kappa shape index (κ3) is 13.0. The quantitative estimate of drug-likeness (QED) is 0.193. The van der Waals surface area contributed by atoms with Crippen LogP contribution in [0.4, 0.5) is 0 Å². The number of benzene rings is 1. The molecule has 0 saturated heterocycles. The summed E-state index contributed by atoms with van der Waals surface area (Å²) in [6.45, 7) is 0.498. The van der Waals surface area contributed by atoms with E-state index in [1.807, 2.05) is 30.3 Å². The minimum Gasteiger partial charge on any atom is -0.368 e. The summed E-state index contributed by atoms with van der Waals surface area (Å²) in [5.74, 6) is 0. The average Bonchev–Trinajstić information content (AvgIpc) is 2.62. The molecule has 0 aliphatic rings. The molecule has 0 saturated carbocycles. The second-order valence-electron chi connectivity index (χ2n) is 6.62. The van der Waals surface area contributed by atoms with Gasteiger partial charge < -0.3 is 9.84 Å². The first-order valence-electron chi connectivity index (χ1n) is 9.72. The fourth-order valence-corrected chi connectivity index (χ4v) is 3.25. The van der Waals surface area contributed by atoms with Crippen LogP contribution in [0.15, 0.2) is 30.3 Å². The molecular weight excluding hydrogens is 364 g/mol. The molecule has 1 atom stereocenters. The van der Waals surface area contributed by atoms with Crippen LogP contribution in [0.3, 0.4) is 0 Å². The van der Waals surface area contributed by atoms with Crippen molar-refractivity contribution >= 4 is 15.9 Å². The molecule has 2 nitrogen and oxygen atoms in total. The first-order chi connectivity index (χ1) is 11.8. The van der Waals surface area contributed by atoms with Crippen LogP contribution in [0.1, 0.15) is 82.6 Å². The molecule has 0 radical (unpaired) electrons. The first-order valence-corrected chi connectivity index (χ1v) is 10.8. The molecule has 0 bridgehead atoms. The van der Waals surface area contributed by atoms with E-state index in [0.29, 0.717) is 6.61 Å². The molecule has 1 unspecified atom stereocenters.